The Morgan fingerprint density at radius 3 is 1.12 bits per heavy atom. The van der Waals surface area contributed by atoms with E-state index in [1.54, 1.807) is 0 Å². The molecule has 0 radical (unpaired) electrons. The highest BCUT2D eigenvalue weighted by Crippen LogP contribution is 2.28. The molecule has 2 aliphatic rings. The topological polar surface area (TPSA) is 342 Å². The molecular formula is C38H66F12N4O14. The van der Waals surface area contributed by atoms with E-state index in [9.17, 15) is 68.0 Å². The minimum Gasteiger partial charge on any atom is -0.475 e. The van der Waals surface area contributed by atoms with E-state index in [2.05, 4.69) is 6.92 Å². The zero-order valence-corrected chi connectivity index (χ0v) is 37.0. The fraction of sp³-hybridized carbons (Fsp3) is 0.895. The van der Waals surface area contributed by atoms with E-state index in [0.717, 1.165) is 12.8 Å². The standard InChI is InChI=1S/C30H62N4O6.4C2HF3O2/c1-2-3-4-5-6-7-8-9-10-11-12-13-14-15-16-17-18-38-29-24(34)30(39-23(20-31)26(29)36)40-28-22(33)19-21(32)25(35)27(28)37;4*3-2(4,5)1(6)7/h21-30,35-37H,2-20,31-34H2,1H3;4*(H,6,7)/t21-,22+,23-,24-,25+,26-,27-,28-,29-,30-;;;;/m1..../s1. The maximum absolute atomic E-state index is 10.7. The van der Waals surface area contributed by atoms with Crippen LogP contribution in [0.25, 0.3) is 0 Å². The molecule has 68 heavy (non-hydrogen) atoms. The minimum absolute atomic E-state index is 0.0550. The summed E-state index contributed by atoms with van der Waals surface area (Å²) in [7, 11) is 0. The molecule has 15 N–H and O–H groups in total. The Morgan fingerprint density at radius 2 is 0.824 bits per heavy atom. The van der Waals surface area contributed by atoms with Crippen LogP contribution in [0.1, 0.15) is 116 Å². The number of ether oxygens (including phenoxy) is 3. The van der Waals surface area contributed by atoms with Crippen LogP contribution in [0.3, 0.4) is 0 Å². The van der Waals surface area contributed by atoms with Crippen molar-refractivity contribution >= 4 is 23.9 Å². The van der Waals surface area contributed by atoms with Crippen molar-refractivity contribution in [3.63, 3.8) is 0 Å². The average Bonchev–Trinajstić information content (AvgIpc) is 3.21. The number of hydrogen-bond acceptors (Lipinski definition) is 14. The fourth-order valence-corrected chi connectivity index (χ4v) is 5.96. The zero-order valence-electron chi connectivity index (χ0n) is 37.0. The first-order chi connectivity index (χ1) is 31.1. The van der Waals surface area contributed by atoms with Crippen LogP contribution < -0.4 is 22.9 Å². The maximum Gasteiger partial charge on any atom is 0.490 e. The molecule has 1 heterocycles. The van der Waals surface area contributed by atoms with Crippen LogP contribution >= 0.6 is 0 Å². The molecule has 0 spiro atoms. The van der Waals surface area contributed by atoms with Gasteiger partial charge in [0, 0.05) is 25.2 Å². The normalized spacial score (nSPS) is 25.1. The number of aliphatic carboxylic acids is 4. The second kappa shape index (κ2) is 34.9. The number of halogens is 12. The zero-order chi connectivity index (χ0) is 53.6. The van der Waals surface area contributed by atoms with E-state index >= 15 is 0 Å². The summed E-state index contributed by atoms with van der Waals surface area (Å²) in [5.74, 6) is -11.0. The number of carboxylic acid groups (broad SMARTS) is 4. The second-order valence-corrected chi connectivity index (χ2v) is 15.3. The van der Waals surface area contributed by atoms with Crippen molar-refractivity contribution in [3.05, 3.63) is 0 Å². The van der Waals surface area contributed by atoms with Crippen LogP contribution in [0.4, 0.5) is 52.7 Å². The van der Waals surface area contributed by atoms with Gasteiger partial charge in [0.05, 0.1) is 12.1 Å². The number of alkyl halides is 12. The number of unbranched alkanes of at least 4 members (excludes halogenated alkanes) is 15. The van der Waals surface area contributed by atoms with Gasteiger partial charge in [-0.15, -0.1) is 0 Å². The van der Waals surface area contributed by atoms with Gasteiger partial charge in [-0.05, 0) is 12.8 Å². The van der Waals surface area contributed by atoms with Gasteiger partial charge < -0.3 is 72.9 Å². The smallest absolute Gasteiger partial charge is 0.475 e. The summed E-state index contributed by atoms with van der Waals surface area (Å²) in [5.41, 5.74) is 24.2. The molecular weight excluding hydrogens is 964 g/mol. The summed E-state index contributed by atoms with van der Waals surface area (Å²) in [6.07, 6.45) is -6.09. The maximum atomic E-state index is 10.7. The number of aliphatic hydroxyl groups excluding tert-OH is 3. The summed E-state index contributed by atoms with van der Waals surface area (Å²) >= 11 is 0. The molecule has 0 bridgehead atoms. The molecule has 0 unspecified atom stereocenters. The number of nitrogens with two attached hydrogens (primary N) is 4. The lowest BCUT2D eigenvalue weighted by Crippen LogP contribution is -2.67. The van der Waals surface area contributed by atoms with E-state index in [4.69, 9.17) is 76.7 Å². The molecule has 2 fully saturated rings. The minimum atomic E-state index is -5.08. The van der Waals surface area contributed by atoms with Gasteiger partial charge in [0.15, 0.2) is 6.29 Å². The van der Waals surface area contributed by atoms with Crippen molar-refractivity contribution in [1.29, 1.82) is 0 Å². The largest absolute Gasteiger partial charge is 0.490 e. The molecule has 1 saturated heterocycles. The molecule has 0 amide bonds. The predicted molar refractivity (Wildman–Crippen MR) is 213 cm³/mol. The number of aliphatic hydroxyl groups is 3. The van der Waals surface area contributed by atoms with Crippen LogP contribution in [-0.2, 0) is 33.4 Å². The quantitative estimate of drug-likeness (QED) is 0.0548. The molecule has 18 nitrogen and oxygen atoms in total. The SMILES string of the molecule is CCCCCCCCCCCCCCCCCCO[C@@H]1[C@@H](N)[C@@H](O[C@H]2[C@H](O)[C@@H](O)[C@H](N)C[C@@H]2N)O[C@H](CN)[C@H]1O.O=C(O)C(F)(F)F.O=C(O)C(F)(F)F.O=C(O)C(F)(F)F.O=C(O)C(F)(F)F. The van der Waals surface area contributed by atoms with Crippen molar-refractivity contribution in [2.75, 3.05) is 13.2 Å². The Kier molecular flexibility index (Phi) is 35.3. The lowest BCUT2D eigenvalue weighted by molar-refractivity contribution is -0.292. The molecule has 1 aliphatic carbocycles. The van der Waals surface area contributed by atoms with Crippen LogP contribution in [0.2, 0.25) is 0 Å². The van der Waals surface area contributed by atoms with Crippen LogP contribution in [-0.4, -0.2) is 159 Å². The Labute approximate surface area is 383 Å². The fourth-order valence-electron chi connectivity index (χ4n) is 5.96. The highest BCUT2D eigenvalue weighted by molar-refractivity contribution is 5.74. The Hall–Kier alpha value is -3.36. The second-order valence-electron chi connectivity index (χ2n) is 15.3. The Morgan fingerprint density at radius 1 is 0.515 bits per heavy atom. The van der Waals surface area contributed by atoms with Gasteiger partial charge in [-0.1, -0.05) is 103 Å². The number of carbonyl (C=O) groups is 4. The average molecular weight is 1030 g/mol. The molecule has 30 heteroatoms. The summed E-state index contributed by atoms with van der Waals surface area (Å²) in [5, 5.41) is 59.9. The Bertz CT molecular complexity index is 1290. The molecule has 0 aromatic carbocycles. The third kappa shape index (κ3) is 32.5. The third-order valence-electron chi connectivity index (χ3n) is 9.61. The van der Waals surface area contributed by atoms with E-state index < -0.39 is 110 Å². The third-order valence-corrected chi connectivity index (χ3v) is 9.61. The highest BCUT2D eigenvalue weighted by atomic mass is 19.4. The van der Waals surface area contributed by atoms with Gasteiger partial charge in [0.1, 0.15) is 30.5 Å². The molecule has 1 aliphatic heterocycles. The lowest BCUT2D eigenvalue weighted by atomic mass is 9.84. The first kappa shape index (κ1) is 68.9. The van der Waals surface area contributed by atoms with Gasteiger partial charge in [-0.25, -0.2) is 19.2 Å². The van der Waals surface area contributed by atoms with Crippen molar-refractivity contribution in [3.8, 4) is 0 Å². The van der Waals surface area contributed by atoms with E-state index in [1.807, 2.05) is 0 Å². The lowest BCUT2D eigenvalue weighted by Gasteiger charge is -2.46. The summed E-state index contributed by atoms with van der Waals surface area (Å²) in [6, 6.07) is -2.05. The van der Waals surface area contributed by atoms with Crippen molar-refractivity contribution < 1.29 is 122 Å². The van der Waals surface area contributed by atoms with E-state index in [-0.39, 0.29) is 13.0 Å². The molecule has 1 saturated carbocycles. The summed E-state index contributed by atoms with van der Waals surface area (Å²) in [4.78, 5) is 35.6. The van der Waals surface area contributed by atoms with Gasteiger partial charge >= 0.3 is 48.6 Å². The first-order valence-electron chi connectivity index (χ1n) is 21.2. The molecule has 0 aromatic rings. The van der Waals surface area contributed by atoms with Crippen molar-refractivity contribution in [2.45, 2.75) is 202 Å². The molecule has 2 rings (SSSR count). The highest BCUT2D eigenvalue weighted by Gasteiger charge is 2.49. The van der Waals surface area contributed by atoms with Crippen LogP contribution in [0.5, 0.6) is 0 Å². The molecule has 0 aromatic heterocycles. The molecule has 406 valence electrons. The van der Waals surface area contributed by atoms with Gasteiger partial charge in [-0.2, -0.15) is 52.7 Å². The van der Waals surface area contributed by atoms with Crippen LogP contribution in [0.15, 0.2) is 0 Å². The molecule has 10 atom stereocenters. The van der Waals surface area contributed by atoms with Gasteiger partial charge in [0.2, 0.25) is 0 Å². The van der Waals surface area contributed by atoms with E-state index in [1.165, 1.54) is 89.9 Å². The Balaban J connectivity index is -0.00000121. The predicted octanol–water partition coefficient (Wildman–Crippen LogP) is 4.70. The van der Waals surface area contributed by atoms with E-state index in [0.29, 0.717) is 6.61 Å². The number of hydrogen-bond donors (Lipinski definition) is 11. The number of carboxylic acids is 4. The first-order valence-corrected chi connectivity index (χ1v) is 21.2. The van der Waals surface area contributed by atoms with Crippen LogP contribution in [0, 0.1) is 0 Å². The van der Waals surface area contributed by atoms with Gasteiger partial charge in [0.25, 0.3) is 0 Å². The van der Waals surface area contributed by atoms with Crippen molar-refractivity contribution in [2.24, 2.45) is 22.9 Å². The summed E-state index contributed by atoms with van der Waals surface area (Å²) in [6.45, 7) is 2.79. The van der Waals surface area contributed by atoms with Crippen molar-refractivity contribution in [1.82, 2.24) is 0 Å². The number of rotatable bonds is 21. The monoisotopic (exact) mass is 1030 g/mol. The summed E-state index contributed by atoms with van der Waals surface area (Å²) < 4.78 is 145. The van der Waals surface area contributed by atoms with Gasteiger partial charge in [-0.3, -0.25) is 0 Å².